The van der Waals surface area contributed by atoms with E-state index in [0.717, 1.165) is 11.0 Å². The normalized spacial score (nSPS) is 10.7. The molecule has 2 aromatic heterocycles. The maximum absolute atomic E-state index is 11.3. The Labute approximate surface area is 80.7 Å². The number of nitrogens with one attached hydrogen (secondary N) is 1. The Balaban J connectivity index is 2.36. The van der Waals surface area contributed by atoms with Crippen molar-refractivity contribution >= 4 is 17.0 Å². The van der Waals surface area contributed by atoms with E-state index < -0.39 is 0 Å². The summed E-state index contributed by atoms with van der Waals surface area (Å²) in [6.07, 6.45) is 1.82. The molecule has 0 aliphatic heterocycles. The molecule has 2 rings (SSSR count). The summed E-state index contributed by atoms with van der Waals surface area (Å²) in [5, 5.41) is 4.15. The number of hydrogen-bond acceptors (Lipinski definition) is 3. The molecule has 0 amide bonds. The standard InChI is InChI=1S/C9H11N3O2/c1-3-14-9(13)7-4-6-8(10-7)5-12(2)11-6/h4-5,10H,3H2,1-2H3. The van der Waals surface area contributed by atoms with Gasteiger partial charge in [0.25, 0.3) is 0 Å². The minimum absolute atomic E-state index is 0.340. The lowest BCUT2D eigenvalue weighted by Gasteiger charge is -1.96. The van der Waals surface area contributed by atoms with Crippen molar-refractivity contribution in [3.05, 3.63) is 18.0 Å². The maximum Gasteiger partial charge on any atom is 0.354 e. The van der Waals surface area contributed by atoms with Crippen LogP contribution in [0.25, 0.3) is 11.0 Å². The number of H-pyrrole nitrogens is 1. The fourth-order valence-electron chi connectivity index (χ4n) is 1.35. The minimum Gasteiger partial charge on any atom is -0.461 e. The largest absolute Gasteiger partial charge is 0.461 e. The molecule has 0 unspecified atom stereocenters. The summed E-state index contributed by atoms with van der Waals surface area (Å²) in [5.74, 6) is -0.340. The molecule has 0 radical (unpaired) electrons. The molecule has 0 aliphatic rings. The van der Waals surface area contributed by atoms with Crippen LogP contribution in [-0.4, -0.2) is 27.3 Å². The molecule has 0 aromatic carbocycles. The van der Waals surface area contributed by atoms with Gasteiger partial charge in [0.15, 0.2) is 0 Å². The zero-order valence-corrected chi connectivity index (χ0v) is 8.07. The third kappa shape index (κ3) is 1.37. The average Bonchev–Trinajstić information content (AvgIpc) is 2.61. The van der Waals surface area contributed by atoms with Gasteiger partial charge in [-0.2, -0.15) is 5.10 Å². The Morgan fingerprint density at radius 1 is 1.71 bits per heavy atom. The molecule has 0 atom stereocenters. The highest BCUT2D eigenvalue weighted by atomic mass is 16.5. The SMILES string of the molecule is CCOC(=O)c1cc2nn(C)cc2[nH]1. The van der Waals surface area contributed by atoms with Crippen molar-refractivity contribution in [3.8, 4) is 0 Å². The Morgan fingerprint density at radius 3 is 3.14 bits per heavy atom. The minimum atomic E-state index is -0.340. The second-order valence-corrected chi connectivity index (χ2v) is 3.01. The predicted molar refractivity (Wildman–Crippen MR) is 51.0 cm³/mol. The van der Waals surface area contributed by atoms with Gasteiger partial charge in [0.2, 0.25) is 0 Å². The molecule has 74 valence electrons. The van der Waals surface area contributed by atoms with E-state index in [1.807, 2.05) is 13.2 Å². The summed E-state index contributed by atoms with van der Waals surface area (Å²) in [5.41, 5.74) is 2.07. The van der Waals surface area contributed by atoms with Gasteiger partial charge in [-0.05, 0) is 13.0 Å². The van der Waals surface area contributed by atoms with E-state index in [9.17, 15) is 4.79 Å². The summed E-state index contributed by atoms with van der Waals surface area (Å²) >= 11 is 0. The number of hydrogen-bond donors (Lipinski definition) is 1. The van der Waals surface area contributed by atoms with E-state index in [4.69, 9.17) is 4.74 Å². The Kier molecular flexibility index (Phi) is 1.99. The van der Waals surface area contributed by atoms with Gasteiger partial charge in [0, 0.05) is 13.2 Å². The molecular weight excluding hydrogens is 182 g/mol. The molecule has 1 N–H and O–H groups in total. The first-order valence-corrected chi connectivity index (χ1v) is 4.40. The molecule has 0 saturated carbocycles. The first-order valence-electron chi connectivity index (χ1n) is 4.40. The molecule has 0 spiro atoms. The van der Waals surface area contributed by atoms with Gasteiger partial charge >= 0.3 is 5.97 Å². The Hall–Kier alpha value is -1.78. The van der Waals surface area contributed by atoms with Crippen LogP contribution in [0.3, 0.4) is 0 Å². The van der Waals surface area contributed by atoms with Gasteiger partial charge in [-0.25, -0.2) is 4.79 Å². The smallest absolute Gasteiger partial charge is 0.354 e. The zero-order valence-electron chi connectivity index (χ0n) is 8.07. The lowest BCUT2D eigenvalue weighted by atomic mass is 10.4. The van der Waals surface area contributed by atoms with Crippen molar-refractivity contribution in [2.75, 3.05) is 6.61 Å². The van der Waals surface area contributed by atoms with Crippen LogP contribution in [0.15, 0.2) is 12.3 Å². The van der Waals surface area contributed by atoms with Gasteiger partial charge in [-0.1, -0.05) is 0 Å². The van der Waals surface area contributed by atoms with Crippen LogP contribution < -0.4 is 0 Å². The summed E-state index contributed by atoms with van der Waals surface area (Å²) in [4.78, 5) is 14.3. The van der Waals surface area contributed by atoms with Crippen LogP contribution in [-0.2, 0) is 11.8 Å². The van der Waals surface area contributed by atoms with Gasteiger partial charge in [-0.15, -0.1) is 0 Å². The van der Waals surface area contributed by atoms with E-state index in [2.05, 4.69) is 10.1 Å². The topological polar surface area (TPSA) is 59.9 Å². The lowest BCUT2D eigenvalue weighted by Crippen LogP contribution is -2.04. The third-order valence-electron chi connectivity index (χ3n) is 1.90. The monoisotopic (exact) mass is 193 g/mol. The average molecular weight is 193 g/mol. The quantitative estimate of drug-likeness (QED) is 0.726. The number of nitrogens with zero attached hydrogens (tertiary/aromatic N) is 2. The van der Waals surface area contributed by atoms with Gasteiger partial charge in [0.05, 0.1) is 12.1 Å². The maximum atomic E-state index is 11.3. The number of aromatic amines is 1. The van der Waals surface area contributed by atoms with Gasteiger partial charge in [0.1, 0.15) is 11.2 Å². The van der Waals surface area contributed by atoms with E-state index in [0.29, 0.717) is 12.3 Å². The van der Waals surface area contributed by atoms with Crippen molar-refractivity contribution < 1.29 is 9.53 Å². The molecule has 0 saturated heterocycles. The van der Waals surface area contributed by atoms with Crippen LogP contribution in [0, 0.1) is 0 Å². The van der Waals surface area contributed by atoms with Crippen LogP contribution in [0.1, 0.15) is 17.4 Å². The molecule has 2 aromatic rings. The Morgan fingerprint density at radius 2 is 2.50 bits per heavy atom. The van der Waals surface area contributed by atoms with Gasteiger partial charge in [-0.3, -0.25) is 4.68 Å². The molecule has 0 aliphatic carbocycles. The summed E-state index contributed by atoms with van der Waals surface area (Å²) < 4.78 is 6.54. The number of rotatable bonds is 2. The summed E-state index contributed by atoms with van der Waals surface area (Å²) in [6.45, 7) is 2.15. The highest BCUT2D eigenvalue weighted by molar-refractivity contribution is 5.93. The summed E-state index contributed by atoms with van der Waals surface area (Å²) in [7, 11) is 1.83. The van der Waals surface area contributed by atoms with Crippen molar-refractivity contribution in [2.24, 2.45) is 7.05 Å². The number of carbonyl (C=O) groups is 1. The fraction of sp³-hybridized carbons (Fsp3) is 0.333. The molecule has 0 bridgehead atoms. The third-order valence-corrected chi connectivity index (χ3v) is 1.90. The number of carbonyl (C=O) groups excluding carboxylic acids is 1. The van der Waals surface area contributed by atoms with Crippen LogP contribution in [0.5, 0.6) is 0 Å². The molecule has 5 nitrogen and oxygen atoms in total. The van der Waals surface area contributed by atoms with Crippen LogP contribution >= 0.6 is 0 Å². The second-order valence-electron chi connectivity index (χ2n) is 3.01. The van der Waals surface area contributed by atoms with E-state index >= 15 is 0 Å². The molecule has 5 heteroatoms. The lowest BCUT2D eigenvalue weighted by molar-refractivity contribution is 0.0520. The molecular formula is C9H11N3O2. The van der Waals surface area contributed by atoms with E-state index in [1.54, 1.807) is 17.7 Å². The zero-order chi connectivity index (χ0) is 10.1. The predicted octanol–water partition coefficient (Wildman–Crippen LogP) is 1.08. The number of aryl methyl sites for hydroxylation is 1. The van der Waals surface area contributed by atoms with Gasteiger partial charge < -0.3 is 9.72 Å². The first-order chi connectivity index (χ1) is 6.70. The van der Waals surface area contributed by atoms with E-state index in [1.165, 1.54) is 0 Å². The molecule has 2 heterocycles. The van der Waals surface area contributed by atoms with Crippen molar-refractivity contribution in [2.45, 2.75) is 6.92 Å². The number of esters is 1. The van der Waals surface area contributed by atoms with Crippen LogP contribution in [0.2, 0.25) is 0 Å². The first kappa shape index (κ1) is 8.80. The van der Waals surface area contributed by atoms with E-state index in [-0.39, 0.29) is 5.97 Å². The number of aromatic nitrogens is 3. The summed E-state index contributed by atoms with van der Waals surface area (Å²) in [6, 6.07) is 1.69. The number of fused-ring (bicyclic) bond motifs is 1. The van der Waals surface area contributed by atoms with Crippen LogP contribution in [0.4, 0.5) is 0 Å². The fourth-order valence-corrected chi connectivity index (χ4v) is 1.35. The molecule has 0 fully saturated rings. The highest BCUT2D eigenvalue weighted by Gasteiger charge is 2.11. The number of ether oxygens (including phenoxy) is 1. The van der Waals surface area contributed by atoms with Crippen molar-refractivity contribution in [3.63, 3.8) is 0 Å². The molecule has 14 heavy (non-hydrogen) atoms. The Bertz CT molecular complexity index is 438. The van der Waals surface area contributed by atoms with Crippen molar-refractivity contribution in [1.29, 1.82) is 0 Å². The van der Waals surface area contributed by atoms with Crippen molar-refractivity contribution in [1.82, 2.24) is 14.8 Å². The highest BCUT2D eigenvalue weighted by Crippen LogP contribution is 2.13. The second kappa shape index (κ2) is 3.17.